The van der Waals surface area contributed by atoms with Crippen molar-refractivity contribution in [2.24, 2.45) is 5.73 Å². The zero-order chi connectivity index (χ0) is 10.6. The number of nitrogens with two attached hydrogens (primary N) is 1. The van der Waals surface area contributed by atoms with E-state index in [9.17, 15) is 4.39 Å². The summed E-state index contributed by atoms with van der Waals surface area (Å²) in [6.07, 6.45) is 0. The minimum atomic E-state index is -0.163. The molecule has 0 aromatic heterocycles. The van der Waals surface area contributed by atoms with E-state index in [0.717, 1.165) is 17.1 Å². The van der Waals surface area contributed by atoms with Crippen molar-refractivity contribution in [1.82, 2.24) is 0 Å². The van der Waals surface area contributed by atoms with Crippen LogP contribution >= 0.6 is 11.8 Å². The van der Waals surface area contributed by atoms with Gasteiger partial charge in [0.2, 0.25) is 0 Å². The quantitative estimate of drug-likeness (QED) is 0.832. The highest BCUT2D eigenvalue weighted by Crippen LogP contribution is 2.18. The van der Waals surface area contributed by atoms with E-state index in [-0.39, 0.29) is 11.9 Å². The molecule has 0 radical (unpaired) electrons. The molecule has 0 bridgehead atoms. The van der Waals surface area contributed by atoms with Gasteiger partial charge in [0, 0.05) is 11.8 Å². The monoisotopic (exact) mass is 213 g/mol. The Bertz CT molecular complexity index is 301. The molecule has 1 aromatic carbocycles. The van der Waals surface area contributed by atoms with E-state index < -0.39 is 0 Å². The van der Waals surface area contributed by atoms with Crippen molar-refractivity contribution >= 4 is 11.8 Å². The van der Waals surface area contributed by atoms with Crippen molar-refractivity contribution in [1.29, 1.82) is 0 Å². The van der Waals surface area contributed by atoms with Crippen LogP contribution in [0.3, 0.4) is 0 Å². The number of thioether (sulfide) groups is 1. The van der Waals surface area contributed by atoms with Crippen LogP contribution < -0.4 is 5.73 Å². The van der Waals surface area contributed by atoms with Crippen LogP contribution in [-0.2, 0) is 0 Å². The van der Waals surface area contributed by atoms with Gasteiger partial charge in [-0.3, -0.25) is 0 Å². The van der Waals surface area contributed by atoms with Crippen molar-refractivity contribution < 1.29 is 4.39 Å². The largest absolute Gasteiger partial charge is 0.323 e. The van der Waals surface area contributed by atoms with Gasteiger partial charge in [0.15, 0.2) is 0 Å². The zero-order valence-electron chi connectivity index (χ0n) is 8.59. The standard InChI is InChI=1S/C11H16FNS/c1-3-14-7-11(13)9-4-5-10(12)8(2)6-9/h4-6,11H,3,7,13H2,1-2H3. The van der Waals surface area contributed by atoms with Crippen molar-refractivity contribution in [3.63, 3.8) is 0 Å². The van der Waals surface area contributed by atoms with Crippen LogP contribution in [0.15, 0.2) is 18.2 Å². The maximum Gasteiger partial charge on any atom is 0.126 e. The number of benzene rings is 1. The van der Waals surface area contributed by atoms with Crippen molar-refractivity contribution in [3.05, 3.63) is 35.1 Å². The fourth-order valence-corrected chi connectivity index (χ4v) is 1.92. The van der Waals surface area contributed by atoms with Crippen molar-refractivity contribution in [2.75, 3.05) is 11.5 Å². The maximum atomic E-state index is 13.0. The Labute approximate surface area is 88.9 Å². The molecule has 0 aliphatic heterocycles. The molecule has 1 atom stereocenters. The summed E-state index contributed by atoms with van der Waals surface area (Å²) in [5, 5.41) is 0. The molecule has 0 heterocycles. The summed E-state index contributed by atoms with van der Waals surface area (Å²) in [4.78, 5) is 0. The molecule has 1 rings (SSSR count). The Kier molecular flexibility index (Phi) is 4.42. The molecule has 0 aliphatic carbocycles. The molecule has 1 nitrogen and oxygen atoms in total. The normalized spacial score (nSPS) is 12.9. The molecule has 0 fully saturated rings. The molecular formula is C11H16FNS. The van der Waals surface area contributed by atoms with Gasteiger partial charge in [-0.2, -0.15) is 11.8 Å². The van der Waals surface area contributed by atoms with Crippen LogP contribution in [0.1, 0.15) is 24.1 Å². The van der Waals surface area contributed by atoms with E-state index in [4.69, 9.17) is 5.73 Å². The van der Waals surface area contributed by atoms with E-state index in [1.807, 2.05) is 6.07 Å². The summed E-state index contributed by atoms with van der Waals surface area (Å²) in [5.41, 5.74) is 7.64. The smallest absolute Gasteiger partial charge is 0.126 e. The molecule has 1 unspecified atom stereocenters. The second-order valence-corrected chi connectivity index (χ2v) is 4.59. The predicted molar refractivity (Wildman–Crippen MR) is 61.1 cm³/mol. The lowest BCUT2D eigenvalue weighted by Crippen LogP contribution is -2.13. The van der Waals surface area contributed by atoms with Gasteiger partial charge in [0.05, 0.1) is 0 Å². The lowest BCUT2D eigenvalue weighted by Gasteiger charge is -2.11. The van der Waals surface area contributed by atoms with Crippen LogP contribution in [-0.4, -0.2) is 11.5 Å². The summed E-state index contributed by atoms with van der Waals surface area (Å²) < 4.78 is 13.0. The van der Waals surface area contributed by atoms with E-state index in [1.165, 1.54) is 6.07 Å². The number of aryl methyl sites for hydroxylation is 1. The van der Waals surface area contributed by atoms with E-state index >= 15 is 0 Å². The van der Waals surface area contributed by atoms with Crippen LogP contribution in [0.2, 0.25) is 0 Å². The lowest BCUT2D eigenvalue weighted by molar-refractivity contribution is 0.616. The van der Waals surface area contributed by atoms with Crippen LogP contribution in [0.5, 0.6) is 0 Å². The van der Waals surface area contributed by atoms with Gasteiger partial charge in [-0.15, -0.1) is 0 Å². The molecule has 3 heteroatoms. The molecule has 0 spiro atoms. The fraction of sp³-hybridized carbons (Fsp3) is 0.455. The summed E-state index contributed by atoms with van der Waals surface area (Å²) in [5.74, 6) is 1.79. The SMILES string of the molecule is CCSCC(N)c1ccc(F)c(C)c1. The second-order valence-electron chi connectivity index (χ2n) is 3.27. The first-order chi connectivity index (χ1) is 6.65. The summed E-state index contributed by atoms with van der Waals surface area (Å²) in [7, 11) is 0. The first-order valence-corrected chi connectivity index (χ1v) is 5.90. The maximum absolute atomic E-state index is 13.0. The van der Waals surface area contributed by atoms with Crippen LogP contribution in [0, 0.1) is 12.7 Å². The first kappa shape index (κ1) is 11.5. The summed E-state index contributed by atoms with van der Waals surface area (Å²) in [6, 6.07) is 5.10. The average Bonchev–Trinajstić information content (AvgIpc) is 2.18. The highest BCUT2D eigenvalue weighted by molar-refractivity contribution is 7.99. The topological polar surface area (TPSA) is 26.0 Å². The van der Waals surface area contributed by atoms with E-state index in [2.05, 4.69) is 6.92 Å². The first-order valence-electron chi connectivity index (χ1n) is 4.74. The zero-order valence-corrected chi connectivity index (χ0v) is 9.40. The molecule has 0 aliphatic rings. The number of hydrogen-bond donors (Lipinski definition) is 1. The van der Waals surface area contributed by atoms with Crippen LogP contribution in [0.25, 0.3) is 0 Å². The Morgan fingerprint density at radius 3 is 2.79 bits per heavy atom. The van der Waals surface area contributed by atoms with E-state index in [1.54, 1.807) is 24.8 Å². The van der Waals surface area contributed by atoms with Crippen molar-refractivity contribution in [2.45, 2.75) is 19.9 Å². The second kappa shape index (κ2) is 5.37. The number of halogens is 1. The number of rotatable bonds is 4. The van der Waals surface area contributed by atoms with Gasteiger partial charge in [0.1, 0.15) is 5.82 Å². The van der Waals surface area contributed by atoms with Gasteiger partial charge < -0.3 is 5.73 Å². The minimum absolute atomic E-state index is 0.0132. The summed E-state index contributed by atoms with van der Waals surface area (Å²) >= 11 is 1.80. The Morgan fingerprint density at radius 1 is 1.50 bits per heavy atom. The van der Waals surface area contributed by atoms with Crippen molar-refractivity contribution in [3.8, 4) is 0 Å². The molecule has 0 amide bonds. The molecular weight excluding hydrogens is 197 g/mol. The summed E-state index contributed by atoms with van der Waals surface area (Å²) in [6.45, 7) is 3.87. The van der Waals surface area contributed by atoms with Gasteiger partial charge in [-0.1, -0.05) is 19.1 Å². The minimum Gasteiger partial charge on any atom is -0.323 e. The van der Waals surface area contributed by atoms with Gasteiger partial charge in [0.25, 0.3) is 0 Å². The lowest BCUT2D eigenvalue weighted by atomic mass is 10.1. The molecule has 0 saturated heterocycles. The van der Waals surface area contributed by atoms with E-state index in [0.29, 0.717) is 5.56 Å². The predicted octanol–water partition coefficient (Wildman–Crippen LogP) is 2.89. The highest BCUT2D eigenvalue weighted by atomic mass is 32.2. The third kappa shape index (κ3) is 3.00. The molecule has 14 heavy (non-hydrogen) atoms. The highest BCUT2D eigenvalue weighted by Gasteiger charge is 2.07. The van der Waals surface area contributed by atoms with Gasteiger partial charge >= 0.3 is 0 Å². The van der Waals surface area contributed by atoms with Crippen LogP contribution in [0.4, 0.5) is 4.39 Å². The van der Waals surface area contributed by atoms with Gasteiger partial charge in [-0.05, 0) is 29.9 Å². The number of hydrogen-bond acceptors (Lipinski definition) is 2. The molecule has 2 N–H and O–H groups in total. The molecule has 0 saturated carbocycles. The third-order valence-electron chi connectivity index (χ3n) is 2.11. The van der Waals surface area contributed by atoms with Gasteiger partial charge in [-0.25, -0.2) is 4.39 Å². The Morgan fingerprint density at radius 2 is 2.21 bits per heavy atom. The Balaban J connectivity index is 2.70. The average molecular weight is 213 g/mol. The molecule has 1 aromatic rings. The fourth-order valence-electron chi connectivity index (χ4n) is 1.24. The Hall–Kier alpha value is -0.540. The molecule has 78 valence electrons. The third-order valence-corrected chi connectivity index (χ3v) is 3.11.